The monoisotopic (exact) mass is 202 g/mol. The van der Waals surface area contributed by atoms with Crippen LogP contribution in [0.5, 0.6) is 0 Å². The van der Waals surface area contributed by atoms with Gasteiger partial charge < -0.3 is 10.2 Å². The maximum absolute atomic E-state index is 9.62. The summed E-state index contributed by atoms with van der Waals surface area (Å²) in [4.78, 5) is 0. The molecule has 0 aliphatic heterocycles. The Hall–Kier alpha value is -0.0800. The number of hydrogen-bond donors (Lipinski definition) is 2. The molecule has 0 saturated carbocycles. The SMILES string of the molecule is CCC(CCCCO)C(CC)C(C)O. The Kier molecular flexibility index (Phi) is 8.20. The molecular weight excluding hydrogens is 176 g/mol. The molecule has 0 saturated heterocycles. The van der Waals surface area contributed by atoms with Crippen molar-refractivity contribution in [2.24, 2.45) is 11.8 Å². The van der Waals surface area contributed by atoms with E-state index in [0.717, 1.165) is 32.1 Å². The molecule has 0 bridgehead atoms. The average molecular weight is 202 g/mol. The van der Waals surface area contributed by atoms with Crippen LogP contribution in [0.1, 0.15) is 52.9 Å². The second-order valence-electron chi connectivity index (χ2n) is 4.20. The first-order valence-electron chi connectivity index (χ1n) is 5.96. The van der Waals surface area contributed by atoms with Crippen LogP contribution in [0.2, 0.25) is 0 Å². The highest BCUT2D eigenvalue weighted by atomic mass is 16.3. The van der Waals surface area contributed by atoms with Gasteiger partial charge in [0.15, 0.2) is 0 Å². The summed E-state index contributed by atoms with van der Waals surface area (Å²) in [6.45, 7) is 6.52. The molecule has 14 heavy (non-hydrogen) atoms. The van der Waals surface area contributed by atoms with Gasteiger partial charge in [0.05, 0.1) is 6.10 Å². The van der Waals surface area contributed by atoms with Gasteiger partial charge in [-0.15, -0.1) is 0 Å². The van der Waals surface area contributed by atoms with E-state index in [0.29, 0.717) is 18.4 Å². The van der Waals surface area contributed by atoms with E-state index >= 15 is 0 Å². The van der Waals surface area contributed by atoms with Gasteiger partial charge in [-0.1, -0.05) is 39.5 Å². The third-order valence-electron chi connectivity index (χ3n) is 3.20. The van der Waals surface area contributed by atoms with E-state index < -0.39 is 0 Å². The van der Waals surface area contributed by atoms with Crippen molar-refractivity contribution in [3.8, 4) is 0 Å². The summed E-state index contributed by atoms with van der Waals surface area (Å²) in [5.41, 5.74) is 0. The molecule has 0 radical (unpaired) electrons. The Morgan fingerprint density at radius 3 is 2.07 bits per heavy atom. The Morgan fingerprint density at radius 1 is 1.07 bits per heavy atom. The lowest BCUT2D eigenvalue weighted by molar-refractivity contribution is 0.0779. The third kappa shape index (κ3) is 4.97. The van der Waals surface area contributed by atoms with Crippen molar-refractivity contribution in [1.82, 2.24) is 0 Å². The fourth-order valence-electron chi connectivity index (χ4n) is 2.31. The van der Waals surface area contributed by atoms with Gasteiger partial charge in [-0.25, -0.2) is 0 Å². The lowest BCUT2D eigenvalue weighted by Gasteiger charge is -2.27. The Bertz CT molecular complexity index is 123. The first-order chi connectivity index (χ1) is 6.67. The van der Waals surface area contributed by atoms with Gasteiger partial charge in [0.25, 0.3) is 0 Å². The first kappa shape index (κ1) is 13.9. The summed E-state index contributed by atoms with van der Waals surface area (Å²) in [6.07, 6.45) is 5.11. The molecule has 0 aliphatic rings. The van der Waals surface area contributed by atoms with Crippen molar-refractivity contribution in [3.63, 3.8) is 0 Å². The van der Waals surface area contributed by atoms with Crippen molar-refractivity contribution in [3.05, 3.63) is 0 Å². The summed E-state index contributed by atoms with van der Waals surface area (Å²) < 4.78 is 0. The Balaban J connectivity index is 3.95. The minimum atomic E-state index is -0.195. The van der Waals surface area contributed by atoms with Gasteiger partial charge in [-0.2, -0.15) is 0 Å². The molecule has 2 heteroatoms. The maximum Gasteiger partial charge on any atom is 0.0542 e. The number of hydrogen-bond acceptors (Lipinski definition) is 2. The lowest BCUT2D eigenvalue weighted by Crippen LogP contribution is -2.24. The van der Waals surface area contributed by atoms with Crippen molar-refractivity contribution < 1.29 is 10.2 Å². The van der Waals surface area contributed by atoms with Crippen LogP contribution >= 0.6 is 0 Å². The average Bonchev–Trinajstić information content (AvgIpc) is 2.16. The molecule has 0 aromatic rings. The summed E-state index contributed by atoms with van der Waals surface area (Å²) in [7, 11) is 0. The van der Waals surface area contributed by atoms with Gasteiger partial charge in [-0.3, -0.25) is 0 Å². The van der Waals surface area contributed by atoms with E-state index in [1.54, 1.807) is 0 Å². The molecule has 2 N–H and O–H groups in total. The highest BCUT2D eigenvalue weighted by Crippen LogP contribution is 2.27. The normalized spacial score (nSPS) is 17.8. The van der Waals surface area contributed by atoms with Crippen molar-refractivity contribution in [2.75, 3.05) is 6.61 Å². The van der Waals surface area contributed by atoms with Crippen LogP contribution in [-0.4, -0.2) is 22.9 Å². The second kappa shape index (κ2) is 8.25. The van der Waals surface area contributed by atoms with Crippen LogP contribution in [-0.2, 0) is 0 Å². The topological polar surface area (TPSA) is 40.5 Å². The molecule has 0 aromatic heterocycles. The first-order valence-corrected chi connectivity index (χ1v) is 5.96. The number of rotatable bonds is 8. The van der Waals surface area contributed by atoms with Crippen molar-refractivity contribution in [1.29, 1.82) is 0 Å². The zero-order chi connectivity index (χ0) is 11.0. The zero-order valence-corrected chi connectivity index (χ0v) is 9.87. The van der Waals surface area contributed by atoms with E-state index in [-0.39, 0.29) is 6.10 Å². The fraction of sp³-hybridized carbons (Fsp3) is 1.00. The molecule has 0 aliphatic carbocycles. The molecule has 0 fully saturated rings. The highest BCUT2D eigenvalue weighted by molar-refractivity contribution is 4.72. The van der Waals surface area contributed by atoms with Gasteiger partial charge in [0, 0.05) is 6.61 Å². The van der Waals surface area contributed by atoms with E-state index in [1.165, 1.54) is 0 Å². The minimum absolute atomic E-state index is 0.195. The molecule has 0 amide bonds. The van der Waals surface area contributed by atoms with Gasteiger partial charge in [0.1, 0.15) is 0 Å². The van der Waals surface area contributed by atoms with E-state index in [2.05, 4.69) is 13.8 Å². The van der Waals surface area contributed by atoms with Crippen LogP contribution in [0.25, 0.3) is 0 Å². The minimum Gasteiger partial charge on any atom is -0.396 e. The molecule has 0 aromatic carbocycles. The fourth-order valence-corrected chi connectivity index (χ4v) is 2.31. The number of aliphatic hydroxyl groups is 2. The molecule has 2 nitrogen and oxygen atoms in total. The van der Waals surface area contributed by atoms with E-state index in [9.17, 15) is 5.11 Å². The molecule has 0 rings (SSSR count). The highest BCUT2D eigenvalue weighted by Gasteiger charge is 2.21. The molecular formula is C12H26O2. The zero-order valence-electron chi connectivity index (χ0n) is 9.87. The van der Waals surface area contributed by atoms with Crippen LogP contribution in [0.3, 0.4) is 0 Å². The summed E-state index contributed by atoms with van der Waals surface area (Å²) in [5.74, 6) is 1.05. The molecule has 3 unspecified atom stereocenters. The smallest absolute Gasteiger partial charge is 0.0542 e. The maximum atomic E-state index is 9.62. The molecule has 3 atom stereocenters. The number of aliphatic hydroxyl groups excluding tert-OH is 2. The summed E-state index contributed by atoms with van der Waals surface area (Å²) in [6, 6.07) is 0. The summed E-state index contributed by atoms with van der Waals surface area (Å²) in [5, 5.41) is 18.3. The van der Waals surface area contributed by atoms with Crippen LogP contribution in [0.15, 0.2) is 0 Å². The van der Waals surface area contributed by atoms with Crippen molar-refractivity contribution in [2.45, 2.75) is 59.0 Å². The third-order valence-corrected chi connectivity index (χ3v) is 3.20. The van der Waals surface area contributed by atoms with E-state index in [1.807, 2.05) is 6.92 Å². The van der Waals surface area contributed by atoms with Gasteiger partial charge in [0.2, 0.25) is 0 Å². The summed E-state index contributed by atoms with van der Waals surface area (Å²) >= 11 is 0. The Morgan fingerprint density at radius 2 is 1.71 bits per heavy atom. The van der Waals surface area contributed by atoms with Crippen LogP contribution in [0, 0.1) is 11.8 Å². The second-order valence-corrected chi connectivity index (χ2v) is 4.20. The predicted octanol–water partition coefficient (Wildman–Crippen LogP) is 2.58. The van der Waals surface area contributed by atoms with E-state index in [4.69, 9.17) is 5.11 Å². The van der Waals surface area contributed by atoms with Gasteiger partial charge in [-0.05, 0) is 25.2 Å². The molecule has 0 heterocycles. The van der Waals surface area contributed by atoms with Crippen LogP contribution in [0.4, 0.5) is 0 Å². The largest absolute Gasteiger partial charge is 0.396 e. The van der Waals surface area contributed by atoms with Crippen molar-refractivity contribution >= 4 is 0 Å². The quantitative estimate of drug-likeness (QED) is 0.594. The Labute approximate surface area is 88.3 Å². The van der Waals surface area contributed by atoms with Crippen LogP contribution < -0.4 is 0 Å². The predicted molar refractivity (Wildman–Crippen MR) is 60.2 cm³/mol. The standard InChI is InChI=1S/C12H26O2/c1-4-11(8-6-7-9-13)12(5-2)10(3)14/h10-14H,4-9H2,1-3H3. The lowest BCUT2D eigenvalue weighted by atomic mass is 9.81. The van der Waals surface area contributed by atoms with Gasteiger partial charge >= 0.3 is 0 Å². The molecule has 0 spiro atoms. The number of unbranched alkanes of at least 4 members (excludes halogenated alkanes) is 1. The molecule has 86 valence electrons.